The molecule has 2 aliphatic carbocycles. The number of hydrogen-bond acceptors (Lipinski definition) is 3. The van der Waals surface area contributed by atoms with Crippen LogP contribution in [0.3, 0.4) is 0 Å². The van der Waals surface area contributed by atoms with Gasteiger partial charge in [-0.15, -0.1) is 0 Å². The molecule has 1 saturated heterocycles. The summed E-state index contributed by atoms with van der Waals surface area (Å²) < 4.78 is 1.72. The molecule has 28 heavy (non-hydrogen) atoms. The number of carbonyl (C=O) groups excluding carboxylic acids is 3. The summed E-state index contributed by atoms with van der Waals surface area (Å²) >= 11 is 0. The van der Waals surface area contributed by atoms with Crippen molar-refractivity contribution in [2.24, 2.45) is 23.7 Å². The number of nitrogens with zero attached hydrogens (tertiary/aromatic N) is 2. The van der Waals surface area contributed by atoms with Crippen molar-refractivity contribution in [3.63, 3.8) is 0 Å². The first kappa shape index (κ1) is 17.0. The molecule has 1 saturated carbocycles. The van der Waals surface area contributed by atoms with Crippen LogP contribution in [0.25, 0.3) is 0 Å². The molecule has 2 bridgehead atoms. The van der Waals surface area contributed by atoms with Crippen LogP contribution >= 0.6 is 0 Å². The van der Waals surface area contributed by atoms with Crippen LogP contribution in [0.4, 0.5) is 5.69 Å². The number of rotatable bonds is 3. The minimum Gasteiger partial charge on any atom is -0.274 e. The average Bonchev–Trinajstić information content (AvgIpc) is 3.43. The van der Waals surface area contributed by atoms with Crippen LogP contribution in [-0.2, 0) is 9.59 Å². The molecule has 2 aromatic rings. The fourth-order valence-electron chi connectivity index (χ4n) is 4.95. The monoisotopic (exact) mass is 375 g/mol. The largest absolute Gasteiger partial charge is 0.274 e. The number of benzene rings is 1. The molecular formula is C22H21N3O3. The van der Waals surface area contributed by atoms with E-state index in [0.29, 0.717) is 11.3 Å². The summed E-state index contributed by atoms with van der Waals surface area (Å²) in [5, 5.41) is 0. The lowest BCUT2D eigenvalue weighted by atomic mass is 9.85. The van der Waals surface area contributed by atoms with Crippen molar-refractivity contribution < 1.29 is 14.4 Å². The second kappa shape index (κ2) is 5.92. The van der Waals surface area contributed by atoms with Gasteiger partial charge in [0, 0.05) is 17.0 Å². The lowest BCUT2D eigenvalue weighted by Crippen LogP contribution is -2.33. The van der Waals surface area contributed by atoms with E-state index in [2.05, 4.69) is 17.6 Å². The number of nitrogens with one attached hydrogen (secondary N) is 1. The highest BCUT2D eigenvalue weighted by Gasteiger charge is 2.59. The van der Waals surface area contributed by atoms with E-state index in [0.717, 1.165) is 17.8 Å². The zero-order chi connectivity index (χ0) is 19.6. The first-order chi connectivity index (χ1) is 13.5. The zero-order valence-electron chi connectivity index (χ0n) is 15.8. The molecule has 3 aliphatic rings. The van der Waals surface area contributed by atoms with Gasteiger partial charge < -0.3 is 0 Å². The molecule has 1 aromatic carbocycles. The molecule has 0 unspecified atom stereocenters. The zero-order valence-corrected chi connectivity index (χ0v) is 15.8. The Bertz CT molecular complexity index is 1000. The SMILES string of the molecule is Cc1ccc(C)n1NC(=O)c1cccc(N2C(=O)[C@H]3[C@H](C2=O)[C@H]2C=C[C@H]3C2)c1. The molecule has 4 atom stereocenters. The number of carbonyl (C=O) groups is 3. The van der Waals surface area contributed by atoms with Gasteiger partial charge in [-0.1, -0.05) is 18.2 Å². The van der Waals surface area contributed by atoms with Crippen molar-refractivity contribution >= 4 is 23.4 Å². The van der Waals surface area contributed by atoms with E-state index in [4.69, 9.17) is 0 Å². The molecule has 1 N–H and O–H groups in total. The molecule has 3 amide bonds. The summed E-state index contributed by atoms with van der Waals surface area (Å²) in [4.78, 5) is 40.0. The van der Waals surface area contributed by atoms with Crippen LogP contribution in [0.2, 0.25) is 0 Å². The third-order valence-electron chi connectivity index (χ3n) is 6.32. The van der Waals surface area contributed by atoms with E-state index in [9.17, 15) is 14.4 Å². The number of aryl methyl sites for hydroxylation is 2. The first-order valence-electron chi connectivity index (χ1n) is 9.58. The fourth-order valence-corrected chi connectivity index (χ4v) is 4.95. The molecule has 2 heterocycles. The van der Waals surface area contributed by atoms with E-state index in [1.165, 1.54) is 4.90 Å². The Balaban J connectivity index is 1.43. The van der Waals surface area contributed by atoms with Crippen molar-refractivity contribution in [1.29, 1.82) is 0 Å². The van der Waals surface area contributed by atoms with E-state index < -0.39 is 0 Å². The van der Waals surface area contributed by atoms with Crippen LogP contribution in [-0.4, -0.2) is 22.4 Å². The van der Waals surface area contributed by atoms with Gasteiger partial charge in [0.05, 0.1) is 17.5 Å². The van der Waals surface area contributed by atoms with Crippen LogP contribution < -0.4 is 10.3 Å². The summed E-state index contributed by atoms with van der Waals surface area (Å²) in [6, 6.07) is 10.6. The fraction of sp³-hybridized carbons (Fsp3) is 0.318. The van der Waals surface area contributed by atoms with E-state index in [1.54, 1.807) is 28.9 Å². The Morgan fingerprint density at radius 1 is 0.964 bits per heavy atom. The van der Waals surface area contributed by atoms with E-state index >= 15 is 0 Å². The van der Waals surface area contributed by atoms with Crippen molar-refractivity contribution in [2.75, 3.05) is 10.3 Å². The van der Waals surface area contributed by atoms with Crippen LogP contribution in [0.15, 0.2) is 48.6 Å². The lowest BCUT2D eigenvalue weighted by molar-refractivity contribution is -0.123. The summed E-state index contributed by atoms with van der Waals surface area (Å²) in [6.45, 7) is 3.82. The molecule has 1 aliphatic heterocycles. The maximum atomic E-state index is 13.0. The molecule has 0 radical (unpaired) electrons. The van der Waals surface area contributed by atoms with E-state index in [1.807, 2.05) is 26.0 Å². The molecule has 2 fully saturated rings. The van der Waals surface area contributed by atoms with Gasteiger partial charge in [0.25, 0.3) is 5.91 Å². The van der Waals surface area contributed by atoms with Gasteiger partial charge >= 0.3 is 0 Å². The van der Waals surface area contributed by atoms with Gasteiger partial charge in [0.1, 0.15) is 0 Å². The van der Waals surface area contributed by atoms with Crippen molar-refractivity contribution in [3.05, 3.63) is 65.5 Å². The second-order valence-corrected chi connectivity index (χ2v) is 7.95. The number of fused-ring (bicyclic) bond motifs is 5. The molecule has 6 heteroatoms. The molecular weight excluding hydrogens is 354 g/mol. The maximum absolute atomic E-state index is 13.0. The highest BCUT2D eigenvalue weighted by molar-refractivity contribution is 6.23. The average molecular weight is 375 g/mol. The Labute approximate surface area is 162 Å². The van der Waals surface area contributed by atoms with Gasteiger partial charge in [-0.05, 0) is 62.4 Å². The molecule has 6 nitrogen and oxygen atoms in total. The quantitative estimate of drug-likeness (QED) is 0.662. The van der Waals surface area contributed by atoms with Crippen LogP contribution in [0, 0.1) is 37.5 Å². The number of amides is 3. The summed E-state index contributed by atoms with van der Waals surface area (Å²) in [7, 11) is 0. The number of anilines is 1. The summed E-state index contributed by atoms with van der Waals surface area (Å²) in [6.07, 6.45) is 5.05. The van der Waals surface area contributed by atoms with Crippen molar-refractivity contribution in [1.82, 2.24) is 4.68 Å². The lowest BCUT2D eigenvalue weighted by Gasteiger charge is -2.18. The summed E-state index contributed by atoms with van der Waals surface area (Å²) in [5.41, 5.74) is 5.57. The topological polar surface area (TPSA) is 71.4 Å². The van der Waals surface area contributed by atoms with Gasteiger partial charge in [0.2, 0.25) is 11.8 Å². The second-order valence-electron chi connectivity index (χ2n) is 7.95. The number of aromatic nitrogens is 1. The normalized spacial score (nSPS) is 27.6. The highest BCUT2D eigenvalue weighted by Crippen LogP contribution is 2.53. The predicted octanol–water partition coefficient (Wildman–Crippen LogP) is 2.80. The Kier molecular flexibility index (Phi) is 3.59. The van der Waals surface area contributed by atoms with Crippen LogP contribution in [0.1, 0.15) is 28.2 Å². The predicted molar refractivity (Wildman–Crippen MR) is 104 cm³/mol. The van der Waals surface area contributed by atoms with Gasteiger partial charge in [0.15, 0.2) is 0 Å². The van der Waals surface area contributed by atoms with Crippen LogP contribution in [0.5, 0.6) is 0 Å². The molecule has 5 rings (SSSR count). The molecule has 142 valence electrons. The standard InChI is InChI=1S/C22H21N3O3/c1-12-6-7-13(2)25(12)23-20(26)16-4-3-5-17(11-16)24-21(27)18-14-8-9-15(10-14)19(18)22(24)28/h3-9,11,14-15,18-19H,10H2,1-2H3,(H,23,26)/t14-,15-,18+,19+/m0/s1. The number of hydrogen-bond donors (Lipinski definition) is 1. The third kappa shape index (κ3) is 2.30. The van der Waals surface area contributed by atoms with Gasteiger partial charge in [-0.3, -0.25) is 24.5 Å². The van der Waals surface area contributed by atoms with Gasteiger partial charge in [-0.25, -0.2) is 4.90 Å². The van der Waals surface area contributed by atoms with Gasteiger partial charge in [-0.2, -0.15) is 0 Å². The highest BCUT2D eigenvalue weighted by atomic mass is 16.2. The Morgan fingerprint density at radius 2 is 1.57 bits per heavy atom. The Hall–Kier alpha value is -3.15. The third-order valence-corrected chi connectivity index (χ3v) is 6.32. The molecule has 1 aromatic heterocycles. The van der Waals surface area contributed by atoms with E-state index in [-0.39, 0.29) is 41.4 Å². The Morgan fingerprint density at radius 3 is 2.18 bits per heavy atom. The number of imide groups is 1. The van der Waals surface area contributed by atoms with Crippen molar-refractivity contribution in [3.8, 4) is 0 Å². The summed E-state index contributed by atoms with van der Waals surface area (Å²) in [5.74, 6) is -0.714. The smallest absolute Gasteiger partial charge is 0.270 e. The maximum Gasteiger partial charge on any atom is 0.270 e. The minimum absolute atomic E-state index is 0.137. The molecule has 0 spiro atoms. The first-order valence-corrected chi connectivity index (χ1v) is 9.58. The minimum atomic E-state index is -0.287. The number of allylic oxidation sites excluding steroid dienone is 2. The van der Waals surface area contributed by atoms with Crippen molar-refractivity contribution in [2.45, 2.75) is 20.3 Å².